The Bertz CT molecular complexity index is 736. The van der Waals surface area contributed by atoms with E-state index in [1.807, 2.05) is 43.1 Å². The van der Waals surface area contributed by atoms with Crippen LogP contribution in [0.15, 0.2) is 36.4 Å². The minimum atomic E-state index is 0.00269. The molecule has 0 radical (unpaired) electrons. The molecule has 2 aromatic carbocycles. The van der Waals surface area contributed by atoms with E-state index in [4.69, 9.17) is 4.74 Å². The third-order valence-electron chi connectivity index (χ3n) is 4.35. The van der Waals surface area contributed by atoms with E-state index >= 15 is 0 Å². The molecule has 0 fully saturated rings. The molecule has 0 unspecified atom stereocenters. The van der Waals surface area contributed by atoms with Crippen LogP contribution in [0.2, 0.25) is 0 Å². The van der Waals surface area contributed by atoms with Crippen molar-refractivity contribution in [1.82, 2.24) is 4.90 Å². The Morgan fingerprint density at radius 3 is 2.46 bits per heavy atom. The standard InChI is InChI=1S/C22H30N2O2/c1-6-19-9-7-8-18(4)22(19)23-21(25)15-24(5)10-11-26-20-13-16(2)12-17(3)14-20/h7-9,12-14H,6,10-11,15H2,1-5H3,(H,23,25). The molecule has 1 N–H and O–H groups in total. The summed E-state index contributed by atoms with van der Waals surface area (Å²) in [6.07, 6.45) is 0.900. The molecule has 0 bridgehead atoms. The first-order chi connectivity index (χ1) is 12.4. The van der Waals surface area contributed by atoms with Crippen LogP contribution in [-0.4, -0.2) is 37.6 Å². The van der Waals surface area contributed by atoms with E-state index in [1.54, 1.807) is 0 Å². The highest BCUT2D eigenvalue weighted by molar-refractivity contribution is 5.93. The number of hydrogen-bond donors (Lipinski definition) is 1. The monoisotopic (exact) mass is 354 g/mol. The molecule has 26 heavy (non-hydrogen) atoms. The molecule has 0 spiro atoms. The number of carbonyl (C=O) groups is 1. The number of nitrogens with one attached hydrogen (secondary N) is 1. The van der Waals surface area contributed by atoms with Crippen LogP contribution < -0.4 is 10.1 Å². The van der Waals surface area contributed by atoms with Crippen LogP contribution in [0.25, 0.3) is 0 Å². The lowest BCUT2D eigenvalue weighted by Crippen LogP contribution is -2.33. The number of rotatable bonds is 8. The van der Waals surface area contributed by atoms with Crippen LogP contribution in [-0.2, 0) is 11.2 Å². The van der Waals surface area contributed by atoms with Crippen molar-refractivity contribution in [1.29, 1.82) is 0 Å². The zero-order valence-electron chi connectivity index (χ0n) is 16.6. The van der Waals surface area contributed by atoms with Gasteiger partial charge in [0.05, 0.1) is 6.54 Å². The van der Waals surface area contributed by atoms with Crippen LogP contribution in [0.4, 0.5) is 5.69 Å². The molecule has 4 nitrogen and oxygen atoms in total. The van der Waals surface area contributed by atoms with Gasteiger partial charge in [0.2, 0.25) is 5.91 Å². The van der Waals surface area contributed by atoms with Gasteiger partial charge >= 0.3 is 0 Å². The maximum Gasteiger partial charge on any atom is 0.238 e. The summed E-state index contributed by atoms with van der Waals surface area (Å²) >= 11 is 0. The topological polar surface area (TPSA) is 41.6 Å². The van der Waals surface area contributed by atoms with Crippen LogP contribution >= 0.6 is 0 Å². The van der Waals surface area contributed by atoms with Gasteiger partial charge in [0.25, 0.3) is 0 Å². The summed E-state index contributed by atoms with van der Waals surface area (Å²) in [6, 6.07) is 12.3. The Kier molecular flexibility index (Phi) is 7.22. The average Bonchev–Trinajstić information content (AvgIpc) is 2.55. The summed E-state index contributed by atoms with van der Waals surface area (Å²) in [4.78, 5) is 14.3. The molecule has 2 rings (SSSR count). The number of aryl methyl sites for hydroxylation is 4. The largest absolute Gasteiger partial charge is 0.492 e. The number of amides is 1. The molecule has 1 amide bonds. The first-order valence-electron chi connectivity index (χ1n) is 9.17. The van der Waals surface area contributed by atoms with Gasteiger partial charge in [0.1, 0.15) is 12.4 Å². The normalized spacial score (nSPS) is 10.8. The molecule has 140 valence electrons. The Labute approximate surface area is 157 Å². The maximum atomic E-state index is 12.4. The summed E-state index contributed by atoms with van der Waals surface area (Å²) in [5.41, 5.74) is 5.59. The highest BCUT2D eigenvalue weighted by Crippen LogP contribution is 2.21. The average molecular weight is 354 g/mol. The molecular formula is C22H30N2O2. The lowest BCUT2D eigenvalue weighted by Gasteiger charge is -2.18. The summed E-state index contributed by atoms with van der Waals surface area (Å²) in [7, 11) is 1.93. The van der Waals surface area contributed by atoms with Crippen molar-refractivity contribution in [3.63, 3.8) is 0 Å². The van der Waals surface area contributed by atoms with Gasteiger partial charge < -0.3 is 10.1 Å². The second-order valence-corrected chi connectivity index (χ2v) is 6.92. The van der Waals surface area contributed by atoms with Crippen molar-refractivity contribution in [3.8, 4) is 5.75 Å². The zero-order chi connectivity index (χ0) is 19.1. The Hall–Kier alpha value is -2.33. The van der Waals surface area contributed by atoms with Gasteiger partial charge in [-0.3, -0.25) is 9.69 Å². The van der Waals surface area contributed by atoms with Gasteiger partial charge in [-0.15, -0.1) is 0 Å². The fraction of sp³-hybridized carbons (Fsp3) is 0.409. The number of para-hydroxylation sites is 1. The Morgan fingerprint density at radius 2 is 1.81 bits per heavy atom. The van der Waals surface area contributed by atoms with Crippen molar-refractivity contribution >= 4 is 11.6 Å². The second kappa shape index (κ2) is 9.39. The van der Waals surface area contributed by atoms with Gasteiger partial charge in [-0.1, -0.05) is 31.2 Å². The first kappa shape index (κ1) is 20.0. The molecule has 0 aliphatic carbocycles. The number of ether oxygens (including phenoxy) is 1. The predicted molar refractivity (Wildman–Crippen MR) is 108 cm³/mol. The van der Waals surface area contributed by atoms with Crippen LogP contribution in [0.1, 0.15) is 29.2 Å². The Morgan fingerprint density at radius 1 is 1.12 bits per heavy atom. The van der Waals surface area contributed by atoms with E-state index in [0.29, 0.717) is 19.7 Å². The van der Waals surface area contributed by atoms with Crippen molar-refractivity contribution in [2.45, 2.75) is 34.1 Å². The number of hydrogen-bond acceptors (Lipinski definition) is 3. The fourth-order valence-corrected chi connectivity index (χ4v) is 3.04. The molecule has 2 aromatic rings. The number of benzene rings is 2. The van der Waals surface area contributed by atoms with Crippen molar-refractivity contribution in [3.05, 3.63) is 58.7 Å². The summed E-state index contributed by atoms with van der Waals surface area (Å²) < 4.78 is 5.82. The van der Waals surface area contributed by atoms with E-state index in [9.17, 15) is 4.79 Å². The lowest BCUT2D eigenvalue weighted by atomic mass is 10.1. The van der Waals surface area contributed by atoms with Crippen LogP contribution in [0, 0.1) is 20.8 Å². The summed E-state index contributed by atoms with van der Waals surface area (Å²) in [6.45, 7) is 9.83. The molecule has 0 aromatic heterocycles. The van der Waals surface area contributed by atoms with E-state index in [0.717, 1.165) is 23.4 Å². The highest BCUT2D eigenvalue weighted by Gasteiger charge is 2.11. The quantitative estimate of drug-likeness (QED) is 0.775. The minimum Gasteiger partial charge on any atom is -0.492 e. The Balaban J connectivity index is 1.82. The molecule has 0 saturated carbocycles. The van der Waals surface area contributed by atoms with Crippen molar-refractivity contribution in [2.75, 3.05) is 32.1 Å². The third-order valence-corrected chi connectivity index (χ3v) is 4.35. The van der Waals surface area contributed by atoms with E-state index in [2.05, 4.69) is 38.2 Å². The number of carbonyl (C=O) groups excluding carboxylic acids is 1. The lowest BCUT2D eigenvalue weighted by molar-refractivity contribution is -0.117. The predicted octanol–water partition coefficient (Wildman–Crippen LogP) is 4.12. The zero-order valence-corrected chi connectivity index (χ0v) is 16.6. The maximum absolute atomic E-state index is 12.4. The van der Waals surface area contributed by atoms with Gasteiger partial charge in [0, 0.05) is 12.2 Å². The van der Waals surface area contributed by atoms with Crippen LogP contribution in [0.5, 0.6) is 5.75 Å². The highest BCUT2D eigenvalue weighted by atomic mass is 16.5. The third kappa shape index (κ3) is 5.88. The summed E-state index contributed by atoms with van der Waals surface area (Å²) in [5.74, 6) is 0.885. The first-order valence-corrected chi connectivity index (χ1v) is 9.17. The molecule has 0 heterocycles. The summed E-state index contributed by atoms with van der Waals surface area (Å²) in [5, 5.41) is 3.06. The minimum absolute atomic E-state index is 0.00269. The van der Waals surface area contributed by atoms with Crippen molar-refractivity contribution < 1.29 is 9.53 Å². The molecule has 0 aliphatic heterocycles. The number of anilines is 1. The molecule has 4 heteroatoms. The van der Waals surface area contributed by atoms with E-state index < -0.39 is 0 Å². The fourth-order valence-electron chi connectivity index (χ4n) is 3.04. The van der Waals surface area contributed by atoms with Crippen molar-refractivity contribution in [2.24, 2.45) is 0 Å². The van der Waals surface area contributed by atoms with E-state index in [1.165, 1.54) is 16.7 Å². The molecular weight excluding hydrogens is 324 g/mol. The number of nitrogens with zero attached hydrogens (tertiary/aromatic N) is 1. The number of likely N-dealkylation sites (N-methyl/N-ethyl adjacent to an activating group) is 1. The van der Waals surface area contributed by atoms with Gasteiger partial charge in [-0.25, -0.2) is 0 Å². The molecule has 0 saturated heterocycles. The van der Waals surface area contributed by atoms with Crippen LogP contribution in [0.3, 0.4) is 0 Å². The SMILES string of the molecule is CCc1cccc(C)c1NC(=O)CN(C)CCOc1cc(C)cc(C)c1. The second-order valence-electron chi connectivity index (χ2n) is 6.92. The van der Waals surface area contributed by atoms with Gasteiger partial charge in [-0.2, -0.15) is 0 Å². The van der Waals surface area contributed by atoms with E-state index in [-0.39, 0.29) is 5.91 Å². The smallest absolute Gasteiger partial charge is 0.238 e. The van der Waals surface area contributed by atoms with Gasteiger partial charge in [-0.05, 0) is 68.6 Å². The molecule has 0 aliphatic rings. The van der Waals surface area contributed by atoms with Gasteiger partial charge in [0.15, 0.2) is 0 Å². The molecule has 0 atom stereocenters.